The van der Waals surface area contributed by atoms with Crippen LogP contribution in [0.3, 0.4) is 0 Å². The zero-order chi connectivity index (χ0) is 23.4. The fraction of sp³-hybridized carbons (Fsp3) is 0.231. The van der Waals surface area contributed by atoms with E-state index in [1.54, 1.807) is 24.3 Å². The Morgan fingerprint density at radius 2 is 1.79 bits per heavy atom. The van der Waals surface area contributed by atoms with Gasteiger partial charge in [-0.3, -0.25) is 4.79 Å². The van der Waals surface area contributed by atoms with Crippen molar-refractivity contribution in [2.24, 2.45) is 0 Å². The fourth-order valence-corrected chi connectivity index (χ4v) is 4.13. The Hall–Kier alpha value is -3.02. The van der Waals surface area contributed by atoms with E-state index in [9.17, 15) is 4.79 Å². The molecule has 0 saturated carbocycles. The number of amides is 1. The molecule has 7 heteroatoms. The Bertz CT molecular complexity index is 1280. The number of carbonyl (C=O) groups excluding carboxylic acids is 1. The average Bonchev–Trinajstić information content (AvgIpc) is 3.15. The third-order valence-electron chi connectivity index (χ3n) is 5.45. The van der Waals surface area contributed by atoms with Gasteiger partial charge >= 0.3 is 0 Å². The Kier molecular flexibility index (Phi) is 7.21. The lowest BCUT2D eigenvalue weighted by Gasteiger charge is -2.13. The number of benzene rings is 3. The number of nitrogens with one attached hydrogen (secondary N) is 1. The van der Waals surface area contributed by atoms with Crippen LogP contribution in [-0.2, 0) is 13.0 Å². The van der Waals surface area contributed by atoms with Crippen LogP contribution in [0, 0.1) is 13.8 Å². The molecule has 0 aliphatic carbocycles. The Labute approximate surface area is 203 Å². The minimum atomic E-state index is -0.156. The lowest BCUT2D eigenvalue weighted by molar-refractivity contribution is 0.0954. The summed E-state index contributed by atoms with van der Waals surface area (Å²) >= 11 is 12.3. The standard InChI is InChI=1S/C26H25Cl2N3O2/c1-17-14-21(15-18(2)25(17)28)33-13-12-31-23-9-4-3-8-22(23)30-24(31)10-11-29-26(32)19-6-5-7-20(27)16-19/h3-9,14-16H,10-13H2,1-2H3,(H,29,32). The van der Waals surface area contributed by atoms with Crippen molar-refractivity contribution in [1.82, 2.24) is 14.9 Å². The number of halogens is 2. The first-order valence-corrected chi connectivity index (χ1v) is 11.6. The monoisotopic (exact) mass is 481 g/mol. The van der Waals surface area contributed by atoms with E-state index < -0.39 is 0 Å². The third-order valence-corrected chi connectivity index (χ3v) is 6.28. The molecule has 1 heterocycles. The molecule has 1 aromatic heterocycles. The van der Waals surface area contributed by atoms with Gasteiger partial charge in [-0.05, 0) is 67.4 Å². The normalized spacial score (nSPS) is 11.0. The van der Waals surface area contributed by atoms with Crippen molar-refractivity contribution >= 4 is 40.1 Å². The molecule has 33 heavy (non-hydrogen) atoms. The van der Waals surface area contributed by atoms with Crippen molar-refractivity contribution in [1.29, 1.82) is 0 Å². The molecule has 5 nitrogen and oxygen atoms in total. The SMILES string of the molecule is Cc1cc(OCCn2c(CCNC(=O)c3cccc(Cl)c3)nc3ccccc32)cc(C)c1Cl. The predicted molar refractivity (Wildman–Crippen MR) is 134 cm³/mol. The van der Waals surface area contributed by atoms with Crippen LogP contribution < -0.4 is 10.1 Å². The van der Waals surface area contributed by atoms with E-state index in [0.29, 0.717) is 36.7 Å². The number of imidazole rings is 1. The molecule has 1 amide bonds. The van der Waals surface area contributed by atoms with Gasteiger partial charge in [-0.1, -0.05) is 41.4 Å². The molecule has 0 atom stereocenters. The molecule has 0 aliphatic rings. The molecule has 0 aliphatic heterocycles. The molecular formula is C26H25Cl2N3O2. The van der Waals surface area contributed by atoms with Crippen LogP contribution in [0.2, 0.25) is 10.0 Å². The van der Waals surface area contributed by atoms with Crippen molar-refractivity contribution in [3.63, 3.8) is 0 Å². The molecule has 0 saturated heterocycles. The Balaban J connectivity index is 1.44. The Morgan fingerprint density at radius 3 is 2.55 bits per heavy atom. The van der Waals surface area contributed by atoms with Gasteiger partial charge in [0.15, 0.2) is 0 Å². The van der Waals surface area contributed by atoms with E-state index in [-0.39, 0.29) is 5.91 Å². The van der Waals surface area contributed by atoms with Gasteiger partial charge in [-0.2, -0.15) is 0 Å². The molecular weight excluding hydrogens is 457 g/mol. The van der Waals surface area contributed by atoms with E-state index in [1.807, 2.05) is 50.2 Å². The van der Waals surface area contributed by atoms with E-state index in [4.69, 9.17) is 32.9 Å². The van der Waals surface area contributed by atoms with Crippen molar-refractivity contribution in [2.45, 2.75) is 26.8 Å². The quantitative estimate of drug-likeness (QED) is 0.335. The summed E-state index contributed by atoms with van der Waals surface area (Å²) in [5.74, 6) is 1.54. The summed E-state index contributed by atoms with van der Waals surface area (Å²) in [7, 11) is 0. The number of hydrogen-bond donors (Lipinski definition) is 1. The number of aryl methyl sites for hydroxylation is 2. The predicted octanol–water partition coefficient (Wildman–Crippen LogP) is 6.01. The second-order valence-electron chi connectivity index (χ2n) is 7.90. The summed E-state index contributed by atoms with van der Waals surface area (Å²) < 4.78 is 8.17. The van der Waals surface area contributed by atoms with Crippen molar-refractivity contribution in [3.05, 3.63) is 93.2 Å². The average molecular weight is 482 g/mol. The van der Waals surface area contributed by atoms with Crippen LogP contribution in [0.1, 0.15) is 27.3 Å². The maximum atomic E-state index is 12.4. The van der Waals surface area contributed by atoms with Gasteiger partial charge in [0.05, 0.1) is 17.6 Å². The first-order chi connectivity index (χ1) is 15.9. The van der Waals surface area contributed by atoms with Crippen LogP contribution in [0.5, 0.6) is 5.75 Å². The maximum Gasteiger partial charge on any atom is 0.251 e. The van der Waals surface area contributed by atoms with Gasteiger partial charge < -0.3 is 14.6 Å². The van der Waals surface area contributed by atoms with Gasteiger partial charge in [0.1, 0.15) is 18.2 Å². The number of aromatic nitrogens is 2. The maximum absolute atomic E-state index is 12.4. The van der Waals surface area contributed by atoms with E-state index >= 15 is 0 Å². The molecule has 4 rings (SSSR count). The van der Waals surface area contributed by atoms with E-state index in [1.165, 1.54) is 0 Å². The second-order valence-corrected chi connectivity index (χ2v) is 8.72. The number of ether oxygens (including phenoxy) is 1. The molecule has 3 aromatic carbocycles. The first kappa shape index (κ1) is 23.1. The number of carbonyl (C=O) groups is 1. The highest BCUT2D eigenvalue weighted by Crippen LogP contribution is 2.26. The topological polar surface area (TPSA) is 56.1 Å². The smallest absolute Gasteiger partial charge is 0.251 e. The van der Waals surface area contributed by atoms with Crippen molar-refractivity contribution in [2.75, 3.05) is 13.2 Å². The minimum Gasteiger partial charge on any atom is -0.492 e. The summed E-state index contributed by atoms with van der Waals surface area (Å²) in [6, 6.07) is 18.8. The molecule has 0 fully saturated rings. The number of nitrogens with zero attached hydrogens (tertiary/aromatic N) is 2. The molecule has 0 unspecified atom stereocenters. The second kappa shape index (κ2) is 10.3. The fourth-order valence-electron chi connectivity index (χ4n) is 3.83. The summed E-state index contributed by atoms with van der Waals surface area (Å²) in [5.41, 5.74) is 4.50. The van der Waals surface area contributed by atoms with Crippen LogP contribution in [0.25, 0.3) is 11.0 Å². The highest BCUT2D eigenvalue weighted by molar-refractivity contribution is 6.32. The number of rotatable bonds is 8. The van der Waals surface area contributed by atoms with Crippen molar-refractivity contribution in [3.8, 4) is 5.75 Å². The van der Waals surface area contributed by atoms with Gasteiger partial charge in [0.2, 0.25) is 0 Å². The molecule has 0 radical (unpaired) electrons. The zero-order valence-corrected chi connectivity index (χ0v) is 20.1. The minimum absolute atomic E-state index is 0.156. The van der Waals surface area contributed by atoms with Crippen LogP contribution in [0.15, 0.2) is 60.7 Å². The highest BCUT2D eigenvalue weighted by atomic mass is 35.5. The van der Waals surface area contributed by atoms with Gasteiger partial charge in [0, 0.05) is 28.6 Å². The van der Waals surface area contributed by atoms with Gasteiger partial charge in [-0.15, -0.1) is 0 Å². The lowest BCUT2D eigenvalue weighted by atomic mass is 10.1. The number of hydrogen-bond acceptors (Lipinski definition) is 3. The van der Waals surface area contributed by atoms with Crippen LogP contribution in [0.4, 0.5) is 0 Å². The first-order valence-electron chi connectivity index (χ1n) is 10.8. The summed E-state index contributed by atoms with van der Waals surface area (Å²) in [6.45, 7) is 5.54. The van der Waals surface area contributed by atoms with E-state index in [0.717, 1.165) is 38.8 Å². The number of fused-ring (bicyclic) bond motifs is 1. The zero-order valence-electron chi connectivity index (χ0n) is 18.6. The number of para-hydroxylation sites is 2. The van der Waals surface area contributed by atoms with E-state index in [2.05, 4.69) is 9.88 Å². The Morgan fingerprint density at radius 1 is 1.03 bits per heavy atom. The summed E-state index contributed by atoms with van der Waals surface area (Å²) in [6.07, 6.45) is 0.597. The highest BCUT2D eigenvalue weighted by Gasteiger charge is 2.12. The molecule has 1 N–H and O–H groups in total. The van der Waals surface area contributed by atoms with Crippen molar-refractivity contribution < 1.29 is 9.53 Å². The van der Waals surface area contributed by atoms with Crippen LogP contribution in [-0.4, -0.2) is 28.6 Å². The molecule has 4 aromatic rings. The lowest BCUT2D eigenvalue weighted by Crippen LogP contribution is -2.26. The van der Waals surface area contributed by atoms with Crippen LogP contribution >= 0.6 is 23.2 Å². The largest absolute Gasteiger partial charge is 0.492 e. The van der Waals surface area contributed by atoms with Gasteiger partial charge in [0.25, 0.3) is 5.91 Å². The molecule has 0 spiro atoms. The van der Waals surface area contributed by atoms with Gasteiger partial charge in [-0.25, -0.2) is 4.98 Å². The summed E-state index contributed by atoms with van der Waals surface area (Å²) in [4.78, 5) is 17.2. The molecule has 170 valence electrons. The third kappa shape index (κ3) is 5.49. The molecule has 0 bridgehead atoms. The summed E-state index contributed by atoms with van der Waals surface area (Å²) in [5, 5.41) is 4.26.